The molecule has 1 aromatic carbocycles. The number of aliphatic hydroxyl groups excluding tert-OH is 1. The van der Waals surface area contributed by atoms with Crippen LogP contribution in [0.5, 0.6) is 0 Å². The third kappa shape index (κ3) is 3.83. The molecule has 0 amide bonds. The van der Waals surface area contributed by atoms with Gasteiger partial charge in [-0.25, -0.2) is 0 Å². The maximum Gasteiger partial charge on any atom is 0.0664 e. The van der Waals surface area contributed by atoms with E-state index in [1.165, 1.54) is 18.4 Å². The highest BCUT2D eigenvalue weighted by Gasteiger charge is 2.32. The lowest BCUT2D eigenvalue weighted by Gasteiger charge is -2.20. The third-order valence-electron chi connectivity index (χ3n) is 3.45. The molecule has 0 radical (unpaired) electrons. The van der Waals surface area contributed by atoms with E-state index < -0.39 is 0 Å². The van der Waals surface area contributed by atoms with Crippen LogP contribution in [0, 0.1) is 5.92 Å². The second kappa shape index (κ2) is 6.18. The highest BCUT2D eigenvalue weighted by Crippen LogP contribution is 2.40. The zero-order chi connectivity index (χ0) is 12.1. The van der Waals surface area contributed by atoms with Gasteiger partial charge in [-0.1, -0.05) is 43.7 Å². The molecule has 2 atom stereocenters. The van der Waals surface area contributed by atoms with Crippen molar-refractivity contribution in [2.24, 2.45) is 5.92 Å². The van der Waals surface area contributed by atoms with Crippen LogP contribution in [0.2, 0.25) is 0 Å². The van der Waals surface area contributed by atoms with Gasteiger partial charge >= 0.3 is 0 Å². The molecule has 0 aromatic heterocycles. The second-order valence-corrected chi connectivity index (χ2v) is 5.08. The minimum atomic E-state index is -0.204. The molecule has 0 saturated heterocycles. The first-order chi connectivity index (χ1) is 8.31. The van der Waals surface area contributed by atoms with Crippen LogP contribution in [0.15, 0.2) is 30.3 Å². The maximum atomic E-state index is 9.78. The van der Waals surface area contributed by atoms with Crippen molar-refractivity contribution in [3.05, 3.63) is 35.9 Å². The maximum absolute atomic E-state index is 9.78. The zero-order valence-corrected chi connectivity index (χ0v) is 10.6. The summed E-state index contributed by atoms with van der Waals surface area (Å²) in [6.07, 6.45) is 4.36. The molecule has 0 spiro atoms. The SMILES string of the molecule is CCCC(O)CNC(c1ccccc1)C1CC1. The van der Waals surface area contributed by atoms with Gasteiger partial charge in [-0.3, -0.25) is 0 Å². The summed E-state index contributed by atoms with van der Waals surface area (Å²) >= 11 is 0. The van der Waals surface area contributed by atoms with Crippen molar-refractivity contribution in [1.29, 1.82) is 0 Å². The fourth-order valence-corrected chi connectivity index (χ4v) is 2.34. The topological polar surface area (TPSA) is 32.3 Å². The predicted octanol–water partition coefficient (Wildman–Crippen LogP) is 2.89. The highest BCUT2D eigenvalue weighted by molar-refractivity contribution is 5.21. The van der Waals surface area contributed by atoms with Crippen LogP contribution >= 0.6 is 0 Å². The van der Waals surface area contributed by atoms with E-state index in [4.69, 9.17) is 0 Å². The lowest BCUT2D eigenvalue weighted by Crippen LogP contribution is -2.31. The molecule has 2 nitrogen and oxygen atoms in total. The van der Waals surface area contributed by atoms with Gasteiger partial charge < -0.3 is 10.4 Å². The van der Waals surface area contributed by atoms with Crippen molar-refractivity contribution in [2.45, 2.75) is 44.8 Å². The minimum absolute atomic E-state index is 0.204. The van der Waals surface area contributed by atoms with Crippen molar-refractivity contribution in [3.63, 3.8) is 0 Å². The van der Waals surface area contributed by atoms with Gasteiger partial charge in [0.1, 0.15) is 0 Å². The fraction of sp³-hybridized carbons (Fsp3) is 0.600. The van der Waals surface area contributed by atoms with E-state index in [0.717, 1.165) is 18.8 Å². The van der Waals surface area contributed by atoms with Crippen LogP contribution in [-0.4, -0.2) is 17.8 Å². The Labute approximate surface area is 104 Å². The Balaban J connectivity index is 1.90. The second-order valence-electron chi connectivity index (χ2n) is 5.08. The van der Waals surface area contributed by atoms with E-state index in [0.29, 0.717) is 12.6 Å². The van der Waals surface area contributed by atoms with Crippen LogP contribution in [0.3, 0.4) is 0 Å². The first kappa shape index (κ1) is 12.6. The molecule has 1 aliphatic carbocycles. The van der Waals surface area contributed by atoms with Crippen LogP contribution in [0.1, 0.15) is 44.2 Å². The smallest absolute Gasteiger partial charge is 0.0664 e. The largest absolute Gasteiger partial charge is 0.392 e. The van der Waals surface area contributed by atoms with E-state index in [9.17, 15) is 5.11 Å². The minimum Gasteiger partial charge on any atom is -0.392 e. The molecular weight excluding hydrogens is 210 g/mol. The van der Waals surface area contributed by atoms with Gasteiger partial charge in [-0.2, -0.15) is 0 Å². The Morgan fingerprint density at radius 3 is 2.59 bits per heavy atom. The molecule has 1 aromatic rings. The molecule has 1 aliphatic rings. The highest BCUT2D eigenvalue weighted by atomic mass is 16.3. The molecule has 2 N–H and O–H groups in total. The van der Waals surface area contributed by atoms with E-state index in [1.807, 2.05) is 0 Å². The molecule has 2 unspecified atom stereocenters. The first-order valence-corrected chi connectivity index (χ1v) is 6.77. The zero-order valence-electron chi connectivity index (χ0n) is 10.6. The Kier molecular flexibility index (Phi) is 4.57. The van der Waals surface area contributed by atoms with Gasteiger partial charge in [0, 0.05) is 12.6 Å². The normalized spacial score (nSPS) is 18.9. The van der Waals surface area contributed by atoms with Crippen LogP contribution < -0.4 is 5.32 Å². The van der Waals surface area contributed by atoms with Crippen molar-refractivity contribution >= 4 is 0 Å². The third-order valence-corrected chi connectivity index (χ3v) is 3.45. The molecule has 17 heavy (non-hydrogen) atoms. The standard InChI is InChI=1S/C15H23NO/c1-2-6-14(17)11-16-15(13-9-10-13)12-7-4-3-5-8-12/h3-5,7-8,13-17H,2,6,9-11H2,1H3. The van der Waals surface area contributed by atoms with Crippen molar-refractivity contribution in [1.82, 2.24) is 5.32 Å². The Bertz CT molecular complexity index is 321. The monoisotopic (exact) mass is 233 g/mol. The van der Waals surface area contributed by atoms with Gasteiger partial charge in [0.05, 0.1) is 6.10 Å². The average Bonchev–Trinajstić information content (AvgIpc) is 3.16. The molecule has 94 valence electrons. The Morgan fingerprint density at radius 2 is 2.00 bits per heavy atom. The molecule has 2 rings (SSSR count). The number of benzene rings is 1. The summed E-state index contributed by atoms with van der Waals surface area (Å²) in [6.45, 7) is 2.82. The number of hydrogen-bond acceptors (Lipinski definition) is 2. The van der Waals surface area contributed by atoms with E-state index in [2.05, 4.69) is 42.6 Å². The molecule has 2 heteroatoms. The van der Waals surface area contributed by atoms with Crippen LogP contribution in [-0.2, 0) is 0 Å². The van der Waals surface area contributed by atoms with Gasteiger partial charge in [-0.05, 0) is 30.7 Å². The molecule has 0 heterocycles. The summed E-state index contributed by atoms with van der Waals surface area (Å²) in [5.74, 6) is 0.770. The van der Waals surface area contributed by atoms with Gasteiger partial charge in [0.25, 0.3) is 0 Å². The molecule has 0 bridgehead atoms. The molecule has 1 fully saturated rings. The van der Waals surface area contributed by atoms with Crippen LogP contribution in [0.4, 0.5) is 0 Å². The van der Waals surface area contributed by atoms with Gasteiger partial charge in [0.2, 0.25) is 0 Å². The number of rotatable bonds is 7. The predicted molar refractivity (Wildman–Crippen MR) is 70.8 cm³/mol. The molecule has 0 aliphatic heterocycles. The number of nitrogens with one attached hydrogen (secondary N) is 1. The van der Waals surface area contributed by atoms with Gasteiger partial charge in [0.15, 0.2) is 0 Å². The Hall–Kier alpha value is -0.860. The van der Waals surface area contributed by atoms with E-state index in [-0.39, 0.29) is 6.10 Å². The van der Waals surface area contributed by atoms with E-state index in [1.54, 1.807) is 0 Å². The molecule has 1 saturated carbocycles. The van der Waals surface area contributed by atoms with Gasteiger partial charge in [-0.15, -0.1) is 0 Å². The van der Waals surface area contributed by atoms with Crippen molar-refractivity contribution in [2.75, 3.05) is 6.54 Å². The first-order valence-electron chi connectivity index (χ1n) is 6.77. The van der Waals surface area contributed by atoms with Crippen molar-refractivity contribution < 1.29 is 5.11 Å². The average molecular weight is 233 g/mol. The van der Waals surface area contributed by atoms with Crippen LogP contribution in [0.25, 0.3) is 0 Å². The fourth-order valence-electron chi connectivity index (χ4n) is 2.34. The number of aliphatic hydroxyl groups is 1. The lowest BCUT2D eigenvalue weighted by atomic mass is 10.0. The summed E-state index contributed by atoms with van der Waals surface area (Å²) in [6, 6.07) is 11.0. The quantitative estimate of drug-likeness (QED) is 0.759. The summed E-state index contributed by atoms with van der Waals surface area (Å²) in [5, 5.41) is 13.3. The van der Waals surface area contributed by atoms with E-state index >= 15 is 0 Å². The summed E-state index contributed by atoms with van der Waals surface area (Å²) in [5.41, 5.74) is 1.36. The lowest BCUT2D eigenvalue weighted by molar-refractivity contribution is 0.155. The summed E-state index contributed by atoms with van der Waals surface area (Å²) in [7, 11) is 0. The summed E-state index contributed by atoms with van der Waals surface area (Å²) < 4.78 is 0. The Morgan fingerprint density at radius 1 is 1.29 bits per heavy atom. The summed E-state index contributed by atoms with van der Waals surface area (Å²) in [4.78, 5) is 0. The van der Waals surface area contributed by atoms with Crippen molar-refractivity contribution in [3.8, 4) is 0 Å². The molecular formula is C15H23NO. The number of hydrogen-bond donors (Lipinski definition) is 2.